The monoisotopic (exact) mass is 228 g/mol. The lowest BCUT2D eigenvalue weighted by atomic mass is 9.95. The summed E-state index contributed by atoms with van der Waals surface area (Å²) in [7, 11) is 0. The molecule has 0 saturated carbocycles. The molecule has 2 N–H and O–H groups in total. The molecule has 16 heavy (non-hydrogen) atoms. The first-order valence-electron chi connectivity index (χ1n) is 6.10. The summed E-state index contributed by atoms with van der Waals surface area (Å²) in [5.74, 6) is 0.547. The van der Waals surface area contributed by atoms with Gasteiger partial charge in [-0.1, -0.05) is 0 Å². The van der Waals surface area contributed by atoms with Crippen molar-refractivity contribution in [2.75, 3.05) is 19.6 Å². The molecule has 94 valence electrons. The Hall–Kier alpha value is -0.770. The van der Waals surface area contributed by atoms with Crippen molar-refractivity contribution >= 4 is 6.09 Å². The van der Waals surface area contributed by atoms with E-state index in [1.165, 1.54) is 6.42 Å². The summed E-state index contributed by atoms with van der Waals surface area (Å²) in [5, 5.41) is 0. The summed E-state index contributed by atoms with van der Waals surface area (Å²) in [6, 6.07) is 0. The number of hydrogen-bond acceptors (Lipinski definition) is 3. The SMILES string of the molecule is CC(C)(C)OC(=O)N1CCC[C@H](CCN)C1. The molecule has 1 aliphatic rings. The highest BCUT2D eigenvalue weighted by Crippen LogP contribution is 2.21. The van der Waals surface area contributed by atoms with Crippen molar-refractivity contribution in [3.8, 4) is 0 Å². The van der Waals surface area contributed by atoms with Crippen LogP contribution in [0.25, 0.3) is 0 Å². The number of rotatable bonds is 2. The van der Waals surface area contributed by atoms with Crippen molar-refractivity contribution in [2.24, 2.45) is 11.7 Å². The van der Waals surface area contributed by atoms with E-state index in [1.807, 2.05) is 25.7 Å². The Labute approximate surface area is 98.1 Å². The van der Waals surface area contributed by atoms with Crippen molar-refractivity contribution in [1.29, 1.82) is 0 Å². The molecule has 0 aromatic carbocycles. The van der Waals surface area contributed by atoms with E-state index in [2.05, 4.69) is 0 Å². The summed E-state index contributed by atoms with van der Waals surface area (Å²) in [6.45, 7) is 8.00. The van der Waals surface area contributed by atoms with Gasteiger partial charge >= 0.3 is 6.09 Å². The van der Waals surface area contributed by atoms with Gasteiger partial charge in [-0.15, -0.1) is 0 Å². The number of amides is 1. The largest absolute Gasteiger partial charge is 0.444 e. The summed E-state index contributed by atoms with van der Waals surface area (Å²) < 4.78 is 5.36. The highest BCUT2D eigenvalue weighted by Gasteiger charge is 2.26. The van der Waals surface area contributed by atoms with Crippen LogP contribution in [-0.2, 0) is 4.74 Å². The Kier molecular flexibility index (Phi) is 4.59. The van der Waals surface area contributed by atoms with E-state index >= 15 is 0 Å². The van der Waals surface area contributed by atoms with Gasteiger partial charge in [0.05, 0.1) is 0 Å². The Morgan fingerprint density at radius 1 is 1.50 bits per heavy atom. The molecule has 1 rings (SSSR count). The summed E-state index contributed by atoms with van der Waals surface area (Å²) >= 11 is 0. The van der Waals surface area contributed by atoms with Gasteiger partial charge in [0, 0.05) is 13.1 Å². The lowest BCUT2D eigenvalue weighted by Gasteiger charge is -2.34. The standard InChI is InChI=1S/C12H24N2O2/c1-12(2,3)16-11(15)14-8-4-5-10(9-14)6-7-13/h10H,4-9,13H2,1-3H3/t10-/m1/s1. The molecule has 0 spiro atoms. The zero-order valence-electron chi connectivity index (χ0n) is 10.7. The minimum absolute atomic E-state index is 0.186. The molecule has 0 aromatic heterocycles. The van der Waals surface area contributed by atoms with Gasteiger partial charge in [0.2, 0.25) is 0 Å². The van der Waals surface area contributed by atoms with Gasteiger partial charge in [-0.05, 0) is 52.5 Å². The maximum absolute atomic E-state index is 11.8. The third-order valence-corrected chi connectivity index (χ3v) is 2.75. The van der Waals surface area contributed by atoms with E-state index in [0.717, 1.165) is 25.9 Å². The predicted octanol–water partition coefficient (Wildman–Crippen LogP) is 1.98. The van der Waals surface area contributed by atoms with E-state index in [-0.39, 0.29) is 6.09 Å². The molecule has 1 aliphatic heterocycles. The molecule has 1 fully saturated rings. The molecule has 1 atom stereocenters. The van der Waals surface area contributed by atoms with Gasteiger partial charge in [-0.3, -0.25) is 0 Å². The summed E-state index contributed by atoms with van der Waals surface area (Å²) in [4.78, 5) is 13.7. The Balaban J connectivity index is 2.44. The molecular weight excluding hydrogens is 204 g/mol. The average molecular weight is 228 g/mol. The van der Waals surface area contributed by atoms with Crippen molar-refractivity contribution in [2.45, 2.75) is 45.6 Å². The second kappa shape index (κ2) is 5.53. The summed E-state index contributed by atoms with van der Waals surface area (Å²) in [6.07, 6.45) is 3.05. The van der Waals surface area contributed by atoms with Crippen molar-refractivity contribution in [1.82, 2.24) is 4.90 Å². The first-order chi connectivity index (χ1) is 7.42. The number of hydrogen-bond donors (Lipinski definition) is 1. The average Bonchev–Trinajstić information content (AvgIpc) is 2.16. The molecule has 1 saturated heterocycles. The minimum atomic E-state index is -0.405. The molecule has 1 amide bonds. The van der Waals surface area contributed by atoms with Crippen LogP contribution in [0.5, 0.6) is 0 Å². The Morgan fingerprint density at radius 3 is 2.75 bits per heavy atom. The molecule has 0 bridgehead atoms. The smallest absolute Gasteiger partial charge is 0.410 e. The van der Waals surface area contributed by atoms with Crippen LogP contribution < -0.4 is 5.73 Å². The first kappa shape index (κ1) is 13.3. The molecule has 4 heteroatoms. The van der Waals surface area contributed by atoms with Crippen LogP contribution in [0.3, 0.4) is 0 Å². The van der Waals surface area contributed by atoms with Gasteiger partial charge in [0.15, 0.2) is 0 Å². The van der Waals surface area contributed by atoms with Crippen LogP contribution >= 0.6 is 0 Å². The fraction of sp³-hybridized carbons (Fsp3) is 0.917. The fourth-order valence-corrected chi connectivity index (χ4v) is 2.03. The van der Waals surface area contributed by atoms with Crippen LogP contribution in [0.4, 0.5) is 4.79 Å². The number of piperidine rings is 1. The van der Waals surface area contributed by atoms with Crippen LogP contribution in [0.1, 0.15) is 40.0 Å². The van der Waals surface area contributed by atoms with Gasteiger partial charge in [0.1, 0.15) is 5.60 Å². The highest BCUT2D eigenvalue weighted by molar-refractivity contribution is 5.68. The molecule has 0 radical (unpaired) electrons. The molecule has 0 aliphatic carbocycles. The molecular formula is C12H24N2O2. The Morgan fingerprint density at radius 2 is 2.19 bits per heavy atom. The normalized spacial score (nSPS) is 22.0. The highest BCUT2D eigenvalue weighted by atomic mass is 16.6. The third kappa shape index (κ3) is 4.39. The lowest BCUT2D eigenvalue weighted by Crippen LogP contribution is -2.43. The van der Waals surface area contributed by atoms with Gasteiger partial charge in [-0.25, -0.2) is 4.79 Å². The number of carbonyl (C=O) groups excluding carboxylic acids is 1. The van der Waals surface area contributed by atoms with E-state index in [4.69, 9.17) is 10.5 Å². The number of ether oxygens (including phenoxy) is 1. The maximum Gasteiger partial charge on any atom is 0.410 e. The van der Waals surface area contributed by atoms with Crippen LogP contribution in [0, 0.1) is 5.92 Å². The third-order valence-electron chi connectivity index (χ3n) is 2.75. The quantitative estimate of drug-likeness (QED) is 0.786. The minimum Gasteiger partial charge on any atom is -0.444 e. The Bertz CT molecular complexity index is 234. The zero-order chi connectivity index (χ0) is 12.2. The second-order valence-corrected chi connectivity index (χ2v) is 5.51. The van der Waals surface area contributed by atoms with Gasteiger partial charge in [0.25, 0.3) is 0 Å². The summed E-state index contributed by atoms with van der Waals surface area (Å²) in [5.41, 5.74) is 5.14. The van der Waals surface area contributed by atoms with Crippen molar-refractivity contribution < 1.29 is 9.53 Å². The first-order valence-corrected chi connectivity index (χ1v) is 6.10. The number of likely N-dealkylation sites (tertiary alicyclic amines) is 1. The van der Waals surface area contributed by atoms with Gasteiger partial charge < -0.3 is 15.4 Å². The number of nitrogens with two attached hydrogens (primary N) is 1. The van der Waals surface area contributed by atoms with Crippen molar-refractivity contribution in [3.05, 3.63) is 0 Å². The van der Waals surface area contributed by atoms with Crippen molar-refractivity contribution in [3.63, 3.8) is 0 Å². The molecule has 4 nitrogen and oxygen atoms in total. The van der Waals surface area contributed by atoms with E-state index in [0.29, 0.717) is 12.5 Å². The lowest BCUT2D eigenvalue weighted by molar-refractivity contribution is 0.0163. The fourth-order valence-electron chi connectivity index (χ4n) is 2.03. The van der Waals surface area contributed by atoms with Gasteiger partial charge in [-0.2, -0.15) is 0 Å². The number of nitrogens with zero attached hydrogens (tertiary/aromatic N) is 1. The molecule has 1 heterocycles. The zero-order valence-corrected chi connectivity index (χ0v) is 10.7. The van der Waals surface area contributed by atoms with Crippen LogP contribution in [0.15, 0.2) is 0 Å². The van der Waals surface area contributed by atoms with Crippen LogP contribution in [0.2, 0.25) is 0 Å². The van der Waals surface area contributed by atoms with E-state index in [1.54, 1.807) is 0 Å². The second-order valence-electron chi connectivity index (χ2n) is 5.51. The molecule has 0 unspecified atom stereocenters. The molecule has 0 aromatic rings. The topological polar surface area (TPSA) is 55.6 Å². The maximum atomic E-state index is 11.8. The predicted molar refractivity (Wildman–Crippen MR) is 64.2 cm³/mol. The van der Waals surface area contributed by atoms with E-state index in [9.17, 15) is 4.79 Å². The van der Waals surface area contributed by atoms with Crippen LogP contribution in [-0.4, -0.2) is 36.2 Å². The number of carbonyl (C=O) groups is 1. The van der Waals surface area contributed by atoms with E-state index < -0.39 is 5.60 Å².